The lowest BCUT2D eigenvalue weighted by Gasteiger charge is -2.37. The molecule has 1 N–H and O–H groups in total. The molecule has 3 aliphatic heterocycles. The Balaban J connectivity index is 1.85. The number of hydrogen-bond donors (Lipinski definition) is 1. The average molecular weight is 535 g/mol. The highest BCUT2D eigenvalue weighted by Crippen LogP contribution is 2.66. The summed E-state index contributed by atoms with van der Waals surface area (Å²) < 4.78 is 5.07. The summed E-state index contributed by atoms with van der Waals surface area (Å²) in [7, 11) is 0. The van der Waals surface area contributed by atoms with Crippen molar-refractivity contribution in [3.63, 3.8) is 0 Å². The number of allylic oxidation sites excluding steroid dienone is 1. The Morgan fingerprint density at radius 1 is 1.16 bits per heavy atom. The highest BCUT2D eigenvalue weighted by molar-refractivity contribution is 8.02. The molecule has 3 saturated heterocycles. The van der Waals surface area contributed by atoms with Crippen molar-refractivity contribution < 1.29 is 24.2 Å². The first kappa shape index (κ1) is 29.8. The monoisotopic (exact) mass is 534 g/mol. The van der Waals surface area contributed by atoms with Gasteiger partial charge in [0.25, 0.3) is 0 Å². The molecule has 0 aromatic heterocycles. The van der Waals surface area contributed by atoms with Crippen molar-refractivity contribution >= 4 is 29.5 Å². The van der Waals surface area contributed by atoms with Crippen LogP contribution in [-0.4, -0.2) is 81.6 Å². The van der Waals surface area contributed by atoms with Gasteiger partial charge in [-0.25, -0.2) is 0 Å². The molecule has 3 fully saturated rings. The lowest BCUT2D eigenvalue weighted by Crippen LogP contribution is -2.55. The van der Waals surface area contributed by atoms with Crippen LogP contribution < -0.4 is 0 Å². The zero-order valence-corrected chi connectivity index (χ0v) is 23.4. The summed E-state index contributed by atoms with van der Waals surface area (Å²) in [6.07, 6.45) is 13.0. The van der Waals surface area contributed by atoms with Crippen LogP contribution in [0.15, 0.2) is 25.3 Å². The second-order valence-corrected chi connectivity index (χ2v) is 12.2. The molecule has 3 heterocycles. The third kappa shape index (κ3) is 6.44. The molecule has 2 amide bonds. The first-order chi connectivity index (χ1) is 18.0. The van der Waals surface area contributed by atoms with E-state index in [4.69, 9.17) is 9.84 Å². The van der Waals surface area contributed by atoms with E-state index in [1.165, 1.54) is 0 Å². The lowest BCUT2D eigenvalue weighted by atomic mass is 9.71. The number of likely N-dealkylation sites (tertiary alicyclic amines) is 1. The quantitative estimate of drug-likeness (QED) is 0.160. The first-order valence-electron chi connectivity index (χ1n) is 14.2. The predicted molar refractivity (Wildman–Crippen MR) is 148 cm³/mol. The third-order valence-electron chi connectivity index (χ3n) is 8.10. The number of unbranched alkanes of at least 4 members (excludes halogenated alkanes) is 6. The number of hydrogen-bond acceptors (Lipinski definition) is 6. The highest BCUT2D eigenvalue weighted by atomic mass is 32.2. The molecule has 3 aliphatic rings. The van der Waals surface area contributed by atoms with Gasteiger partial charge in [-0.15, -0.1) is 24.9 Å². The van der Waals surface area contributed by atoms with E-state index in [0.717, 1.165) is 70.6 Å². The number of ether oxygens (including phenoxy) is 1. The van der Waals surface area contributed by atoms with Crippen molar-refractivity contribution in [2.24, 2.45) is 11.8 Å². The number of aliphatic hydroxyl groups excluding tert-OH is 1. The molecule has 8 heteroatoms. The van der Waals surface area contributed by atoms with Crippen LogP contribution in [-0.2, 0) is 19.1 Å². The summed E-state index contributed by atoms with van der Waals surface area (Å²) in [6.45, 7) is 11.8. The van der Waals surface area contributed by atoms with Crippen molar-refractivity contribution in [3.8, 4) is 0 Å². The van der Waals surface area contributed by atoms with Crippen LogP contribution in [0.3, 0.4) is 0 Å². The number of amides is 2. The predicted octanol–water partition coefficient (Wildman–Crippen LogP) is 4.34. The van der Waals surface area contributed by atoms with E-state index in [2.05, 4.69) is 20.1 Å². The van der Waals surface area contributed by atoms with Gasteiger partial charge in [-0.3, -0.25) is 14.4 Å². The summed E-state index contributed by atoms with van der Waals surface area (Å²) >= 11 is 1.70. The maximum absolute atomic E-state index is 14.2. The summed E-state index contributed by atoms with van der Waals surface area (Å²) in [5, 5.41) is 9.14. The van der Waals surface area contributed by atoms with E-state index < -0.39 is 22.6 Å². The Morgan fingerprint density at radius 2 is 1.95 bits per heavy atom. The standard InChI is InChI=1S/C29H46N2O5S/c1-4-7-11-18-30(17-6-3)27(34)25-29-16-15-22(37-29)23(28(35)36-21-14-8-5-2)24(29)26(33)31(25)19-12-9-10-13-20-32/h5-6,22-25,32H,2-4,7-21H2,1H3/t22-,23+,24+,25?,29?/m1/s1. The Kier molecular flexibility index (Phi) is 11.6. The molecule has 0 saturated carbocycles. The van der Waals surface area contributed by atoms with Gasteiger partial charge in [-0.05, 0) is 44.9 Å². The van der Waals surface area contributed by atoms with E-state index in [1.54, 1.807) is 28.8 Å². The molecule has 0 radical (unpaired) electrons. The number of carbonyl (C=O) groups excluding carboxylic acids is 3. The van der Waals surface area contributed by atoms with Crippen LogP contribution in [0.4, 0.5) is 0 Å². The van der Waals surface area contributed by atoms with Crippen molar-refractivity contribution in [1.29, 1.82) is 0 Å². The minimum Gasteiger partial charge on any atom is -0.465 e. The van der Waals surface area contributed by atoms with Gasteiger partial charge in [-0.1, -0.05) is 44.8 Å². The molecule has 7 nitrogen and oxygen atoms in total. The second kappa shape index (κ2) is 14.4. The first-order valence-corrected chi connectivity index (χ1v) is 15.1. The molecule has 0 aliphatic carbocycles. The summed E-state index contributed by atoms with van der Waals surface area (Å²) in [5.41, 5.74) is 0. The average Bonchev–Trinajstić information content (AvgIpc) is 3.53. The van der Waals surface area contributed by atoms with E-state index >= 15 is 0 Å². The zero-order valence-electron chi connectivity index (χ0n) is 22.6. The maximum Gasteiger partial charge on any atom is 0.310 e. The van der Waals surface area contributed by atoms with Gasteiger partial charge >= 0.3 is 5.97 Å². The highest BCUT2D eigenvalue weighted by Gasteiger charge is 2.74. The fraction of sp³-hybridized carbons (Fsp3) is 0.759. The van der Waals surface area contributed by atoms with Crippen LogP contribution in [0.5, 0.6) is 0 Å². The van der Waals surface area contributed by atoms with Gasteiger partial charge in [0.2, 0.25) is 11.8 Å². The number of nitrogens with zero attached hydrogens (tertiary/aromatic N) is 2. The smallest absolute Gasteiger partial charge is 0.310 e. The van der Waals surface area contributed by atoms with Crippen LogP contribution in [0.1, 0.15) is 77.6 Å². The summed E-state index contributed by atoms with van der Waals surface area (Å²) in [5.74, 6) is -1.34. The van der Waals surface area contributed by atoms with Crippen LogP contribution in [0.2, 0.25) is 0 Å². The fourth-order valence-corrected chi connectivity index (χ4v) is 8.56. The molecule has 37 heavy (non-hydrogen) atoms. The Hall–Kier alpha value is -1.80. The summed E-state index contributed by atoms with van der Waals surface area (Å²) in [6, 6.07) is -0.557. The number of fused-ring (bicyclic) bond motifs is 1. The molecule has 208 valence electrons. The SMILES string of the molecule is C=CCCCOC(=O)[C@@H]1[C@H]2C(=O)N(CCCCCCO)C(C(=O)N(CC=C)CCCCC)C23CC[C@H]1S3. The maximum atomic E-state index is 14.2. The molecule has 3 rings (SSSR count). The lowest BCUT2D eigenvalue weighted by molar-refractivity contribution is -0.154. The van der Waals surface area contributed by atoms with Gasteiger partial charge in [0.15, 0.2) is 0 Å². The Bertz CT molecular complexity index is 820. The molecule has 1 spiro atoms. The van der Waals surface area contributed by atoms with Gasteiger partial charge in [0, 0.05) is 31.5 Å². The number of rotatable bonds is 18. The normalized spacial score (nSPS) is 27.8. The van der Waals surface area contributed by atoms with Crippen LogP contribution >= 0.6 is 11.8 Å². The number of thioether (sulfide) groups is 1. The van der Waals surface area contributed by atoms with Crippen molar-refractivity contribution in [1.82, 2.24) is 9.80 Å². The molecular weight excluding hydrogens is 488 g/mol. The Labute approximate surface area is 227 Å². The second-order valence-electron chi connectivity index (χ2n) is 10.6. The van der Waals surface area contributed by atoms with E-state index in [0.29, 0.717) is 26.2 Å². The molecule has 0 aromatic rings. The third-order valence-corrected chi connectivity index (χ3v) is 10.1. The topological polar surface area (TPSA) is 87.1 Å². The minimum atomic E-state index is -0.571. The van der Waals surface area contributed by atoms with Crippen LogP contribution in [0.25, 0.3) is 0 Å². The van der Waals surface area contributed by atoms with E-state index in [9.17, 15) is 14.4 Å². The van der Waals surface area contributed by atoms with Gasteiger partial charge in [0.05, 0.1) is 23.2 Å². The van der Waals surface area contributed by atoms with Gasteiger partial charge in [0.1, 0.15) is 6.04 Å². The molecule has 2 bridgehead atoms. The van der Waals surface area contributed by atoms with Crippen molar-refractivity contribution in [2.75, 3.05) is 32.8 Å². The molecule has 2 unspecified atom stereocenters. The Morgan fingerprint density at radius 3 is 2.65 bits per heavy atom. The van der Waals surface area contributed by atoms with Crippen molar-refractivity contribution in [3.05, 3.63) is 25.3 Å². The van der Waals surface area contributed by atoms with E-state index in [-0.39, 0.29) is 29.6 Å². The zero-order chi connectivity index (χ0) is 26.8. The summed E-state index contributed by atoms with van der Waals surface area (Å²) in [4.78, 5) is 45.1. The van der Waals surface area contributed by atoms with Gasteiger partial charge in [-0.2, -0.15) is 0 Å². The largest absolute Gasteiger partial charge is 0.465 e. The molecule has 5 atom stereocenters. The number of aliphatic hydroxyl groups is 1. The van der Waals surface area contributed by atoms with Crippen molar-refractivity contribution in [2.45, 2.75) is 93.6 Å². The van der Waals surface area contributed by atoms with Crippen LogP contribution in [0, 0.1) is 11.8 Å². The van der Waals surface area contributed by atoms with E-state index in [1.807, 2.05) is 4.90 Å². The molecular formula is C29H46N2O5S. The number of esters is 1. The number of carbonyl (C=O) groups is 3. The van der Waals surface area contributed by atoms with Gasteiger partial charge < -0.3 is 19.6 Å². The molecule has 0 aromatic carbocycles. The fourth-order valence-electron chi connectivity index (χ4n) is 6.36. The minimum absolute atomic E-state index is 0.00429.